The summed E-state index contributed by atoms with van der Waals surface area (Å²) < 4.78 is 40.5. The molecule has 1 N–H and O–H groups in total. The summed E-state index contributed by atoms with van der Waals surface area (Å²) in [4.78, 5) is 7.68. The van der Waals surface area contributed by atoms with E-state index in [1.807, 2.05) is 13.8 Å². The second-order valence-corrected chi connectivity index (χ2v) is 4.42. The number of anilines is 1. The molecule has 0 radical (unpaired) electrons. The van der Waals surface area contributed by atoms with Gasteiger partial charge in [-0.25, -0.2) is 9.97 Å². The molecule has 2 rings (SSSR count). The summed E-state index contributed by atoms with van der Waals surface area (Å²) in [5.74, 6) is -0.0227. The molecule has 0 aliphatic rings. The zero-order valence-corrected chi connectivity index (χ0v) is 11.8. The molecule has 21 heavy (non-hydrogen) atoms. The largest absolute Gasteiger partial charge is 0.433 e. The number of hydrogen-bond donors (Lipinski definition) is 1. The maximum absolute atomic E-state index is 13.0. The first-order chi connectivity index (χ1) is 9.95. The Morgan fingerprint density at radius 1 is 1.24 bits per heavy atom. The van der Waals surface area contributed by atoms with E-state index in [9.17, 15) is 13.2 Å². The van der Waals surface area contributed by atoms with Gasteiger partial charge in [-0.2, -0.15) is 18.3 Å². The van der Waals surface area contributed by atoms with E-state index >= 15 is 0 Å². The van der Waals surface area contributed by atoms with Gasteiger partial charge in [0.05, 0.1) is 11.4 Å². The van der Waals surface area contributed by atoms with Gasteiger partial charge >= 0.3 is 6.18 Å². The summed E-state index contributed by atoms with van der Waals surface area (Å²) in [6, 6.07) is 2.58. The summed E-state index contributed by atoms with van der Waals surface area (Å²) in [7, 11) is 0. The molecule has 0 atom stereocenters. The molecule has 0 bridgehead atoms. The van der Waals surface area contributed by atoms with Gasteiger partial charge in [0.15, 0.2) is 5.69 Å². The van der Waals surface area contributed by atoms with Crippen molar-refractivity contribution in [2.24, 2.45) is 0 Å². The van der Waals surface area contributed by atoms with E-state index in [0.717, 1.165) is 12.5 Å². The topological polar surface area (TPSA) is 55.6 Å². The monoisotopic (exact) mass is 299 g/mol. The summed E-state index contributed by atoms with van der Waals surface area (Å²) in [5.41, 5.74) is -0.227. The van der Waals surface area contributed by atoms with Crippen LogP contribution < -0.4 is 5.32 Å². The minimum atomic E-state index is -4.52. The molecule has 2 aromatic rings. The molecule has 0 amide bonds. The van der Waals surface area contributed by atoms with E-state index in [1.165, 1.54) is 6.20 Å². The summed E-state index contributed by atoms with van der Waals surface area (Å²) in [6.45, 7) is 4.82. The fourth-order valence-electron chi connectivity index (χ4n) is 1.84. The lowest BCUT2D eigenvalue weighted by Crippen LogP contribution is -2.13. The van der Waals surface area contributed by atoms with E-state index < -0.39 is 11.9 Å². The second-order valence-electron chi connectivity index (χ2n) is 4.42. The van der Waals surface area contributed by atoms with Crippen LogP contribution in [0.25, 0.3) is 11.4 Å². The Labute approximate surface area is 120 Å². The molecule has 5 nitrogen and oxygen atoms in total. The van der Waals surface area contributed by atoms with Crippen molar-refractivity contribution in [1.29, 1.82) is 0 Å². The Balaban J connectivity index is 2.49. The Morgan fingerprint density at radius 2 is 2.00 bits per heavy atom. The third kappa shape index (κ3) is 3.50. The number of nitrogens with one attached hydrogen (secondary N) is 1. The average Bonchev–Trinajstić information content (AvgIpc) is 2.92. The number of nitrogens with zero attached hydrogens (tertiary/aromatic N) is 4. The van der Waals surface area contributed by atoms with Crippen LogP contribution in [0.4, 0.5) is 19.1 Å². The zero-order valence-electron chi connectivity index (χ0n) is 11.8. The van der Waals surface area contributed by atoms with Crippen molar-refractivity contribution in [2.75, 3.05) is 11.9 Å². The molecular formula is C13H16F3N5. The number of rotatable bonds is 5. The van der Waals surface area contributed by atoms with E-state index in [-0.39, 0.29) is 11.6 Å². The van der Waals surface area contributed by atoms with Gasteiger partial charge < -0.3 is 5.32 Å². The maximum atomic E-state index is 13.0. The van der Waals surface area contributed by atoms with Gasteiger partial charge in [0.25, 0.3) is 0 Å². The third-order valence-electron chi connectivity index (χ3n) is 2.83. The highest BCUT2D eigenvalue weighted by molar-refractivity contribution is 5.57. The van der Waals surface area contributed by atoms with Gasteiger partial charge in [-0.3, -0.25) is 4.68 Å². The highest BCUT2D eigenvalue weighted by Crippen LogP contribution is 2.31. The predicted octanol–water partition coefficient (Wildman–Crippen LogP) is 3.20. The summed E-state index contributed by atoms with van der Waals surface area (Å²) in [5, 5.41) is 6.84. The van der Waals surface area contributed by atoms with Crippen LogP contribution in [0.3, 0.4) is 0 Å². The van der Waals surface area contributed by atoms with Gasteiger partial charge in [-0.1, -0.05) is 6.92 Å². The molecule has 0 fully saturated rings. The van der Waals surface area contributed by atoms with Crippen molar-refractivity contribution < 1.29 is 13.2 Å². The van der Waals surface area contributed by atoms with Gasteiger partial charge in [-0.05, 0) is 25.5 Å². The zero-order chi connectivity index (χ0) is 15.5. The molecule has 114 valence electrons. The number of alkyl halides is 3. The van der Waals surface area contributed by atoms with Crippen LogP contribution in [0.1, 0.15) is 26.0 Å². The molecule has 8 heteroatoms. The molecule has 0 aromatic carbocycles. The minimum absolute atomic E-state index is 0.0227. The molecule has 0 aliphatic heterocycles. The van der Waals surface area contributed by atoms with Crippen LogP contribution in [-0.4, -0.2) is 26.3 Å². The fraction of sp³-hybridized carbons (Fsp3) is 0.462. The van der Waals surface area contributed by atoms with Gasteiger partial charge in [0.1, 0.15) is 0 Å². The van der Waals surface area contributed by atoms with E-state index in [2.05, 4.69) is 20.4 Å². The van der Waals surface area contributed by atoms with E-state index in [4.69, 9.17) is 0 Å². The van der Waals surface area contributed by atoms with Crippen LogP contribution in [0.2, 0.25) is 0 Å². The third-order valence-corrected chi connectivity index (χ3v) is 2.83. The highest BCUT2D eigenvalue weighted by Gasteiger charge is 2.34. The predicted molar refractivity (Wildman–Crippen MR) is 72.7 cm³/mol. The van der Waals surface area contributed by atoms with Crippen molar-refractivity contribution in [3.63, 3.8) is 0 Å². The van der Waals surface area contributed by atoms with Crippen LogP contribution in [0.15, 0.2) is 18.3 Å². The molecule has 0 spiro atoms. The Hall–Kier alpha value is -2.12. The smallest absolute Gasteiger partial charge is 0.354 e. The molecule has 0 saturated heterocycles. The van der Waals surface area contributed by atoms with E-state index in [1.54, 1.807) is 10.7 Å². The Kier molecular flexibility index (Phi) is 4.44. The number of hydrogen-bond acceptors (Lipinski definition) is 4. The quantitative estimate of drug-likeness (QED) is 0.921. The Bertz CT molecular complexity index is 606. The molecular weight excluding hydrogens is 283 g/mol. The van der Waals surface area contributed by atoms with Crippen LogP contribution in [0.5, 0.6) is 0 Å². The average molecular weight is 299 g/mol. The molecule has 0 aliphatic carbocycles. The second kappa shape index (κ2) is 6.11. The molecule has 2 aromatic heterocycles. The SMILES string of the molecule is CCCNc1nc(-c2ccnn2CC)cc(C(F)(F)F)n1. The molecule has 2 heterocycles. The first kappa shape index (κ1) is 15.3. The first-order valence-electron chi connectivity index (χ1n) is 6.68. The standard InChI is InChI=1S/C13H16F3N5/c1-3-6-17-12-19-9(8-11(20-12)13(14,15)16)10-5-7-18-21(10)4-2/h5,7-8H,3-4,6H2,1-2H3,(H,17,19,20). The lowest BCUT2D eigenvalue weighted by Gasteiger charge is -2.12. The van der Waals surface area contributed by atoms with Crippen molar-refractivity contribution >= 4 is 5.95 Å². The van der Waals surface area contributed by atoms with Gasteiger partial charge in [0.2, 0.25) is 5.95 Å². The highest BCUT2D eigenvalue weighted by atomic mass is 19.4. The van der Waals surface area contributed by atoms with Crippen molar-refractivity contribution in [2.45, 2.75) is 33.0 Å². The minimum Gasteiger partial charge on any atom is -0.354 e. The number of aryl methyl sites for hydroxylation is 1. The summed E-state index contributed by atoms with van der Waals surface area (Å²) in [6.07, 6.45) is -2.22. The maximum Gasteiger partial charge on any atom is 0.433 e. The van der Waals surface area contributed by atoms with Crippen LogP contribution in [0, 0.1) is 0 Å². The first-order valence-corrected chi connectivity index (χ1v) is 6.68. The van der Waals surface area contributed by atoms with Gasteiger partial charge in [-0.15, -0.1) is 0 Å². The summed E-state index contributed by atoms with van der Waals surface area (Å²) >= 11 is 0. The van der Waals surface area contributed by atoms with Crippen LogP contribution >= 0.6 is 0 Å². The normalized spacial score (nSPS) is 11.7. The van der Waals surface area contributed by atoms with Crippen molar-refractivity contribution in [1.82, 2.24) is 19.7 Å². The lowest BCUT2D eigenvalue weighted by atomic mass is 10.2. The van der Waals surface area contributed by atoms with E-state index in [0.29, 0.717) is 18.8 Å². The molecule has 0 saturated carbocycles. The fourth-order valence-corrected chi connectivity index (χ4v) is 1.84. The number of aromatic nitrogens is 4. The lowest BCUT2D eigenvalue weighted by molar-refractivity contribution is -0.141. The van der Waals surface area contributed by atoms with Gasteiger partial charge in [0, 0.05) is 19.3 Å². The number of halogens is 3. The van der Waals surface area contributed by atoms with Crippen molar-refractivity contribution in [3.05, 3.63) is 24.0 Å². The Morgan fingerprint density at radius 3 is 2.62 bits per heavy atom. The molecule has 0 unspecified atom stereocenters. The van der Waals surface area contributed by atoms with Crippen LogP contribution in [-0.2, 0) is 12.7 Å². The van der Waals surface area contributed by atoms with Crippen molar-refractivity contribution in [3.8, 4) is 11.4 Å².